The van der Waals surface area contributed by atoms with Gasteiger partial charge in [0.25, 0.3) is 0 Å². The van der Waals surface area contributed by atoms with Crippen molar-refractivity contribution in [1.82, 2.24) is 4.98 Å². The molecule has 5 nitrogen and oxygen atoms in total. The number of nitrogens with zero attached hydrogens (tertiary/aromatic N) is 1. The van der Waals surface area contributed by atoms with Crippen molar-refractivity contribution in [3.05, 3.63) is 30.0 Å². The molecule has 0 saturated heterocycles. The molecule has 5 heteroatoms. The van der Waals surface area contributed by atoms with Gasteiger partial charge in [0.15, 0.2) is 0 Å². The van der Waals surface area contributed by atoms with Gasteiger partial charge in [-0.15, -0.1) is 0 Å². The molecule has 0 spiro atoms. The average molecular weight is 261 g/mol. The topological polar surface area (TPSA) is 80.4 Å². The molecule has 0 radical (unpaired) electrons. The third-order valence-corrected chi connectivity index (χ3v) is 2.94. The highest BCUT2D eigenvalue weighted by atomic mass is 16.5. The van der Waals surface area contributed by atoms with E-state index >= 15 is 0 Å². The molecular formula is C14H19N3O2. The Morgan fingerprint density at radius 2 is 2.16 bits per heavy atom. The van der Waals surface area contributed by atoms with Gasteiger partial charge in [-0.25, -0.2) is 4.98 Å². The van der Waals surface area contributed by atoms with Crippen LogP contribution in [-0.4, -0.2) is 36.5 Å². The summed E-state index contributed by atoms with van der Waals surface area (Å²) >= 11 is 0. The number of aryl methyl sites for hydroxylation is 1. The Labute approximate surface area is 112 Å². The van der Waals surface area contributed by atoms with Crippen molar-refractivity contribution in [2.75, 3.05) is 37.4 Å². The first kappa shape index (κ1) is 13.6. The van der Waals surface area contributed by atoms with E-state index < -0.39 is 0 Å². The van der Waals surface area contributed by atoms with Gasteiger partial charge >= 0.3 is 0 Å². The molecule has 0 fully saturated rings. The van der Waals surface area contributed by atoms with E-state index in [9.17, 15) is 0 Å². The maximum Gasteiger partial charge on any atom is 0.134 e. The van der Waals surface area contributed by atoms with E-state index in [4.69, 9.17) is 15.6 Å². The summed E-state index contributed by atoms with van der Waals surface area (Å²) < 4.78 is 5.21. The molecule has 19 heavy (non-hydrogen) atoms. The molecule has 0 unspecified atom stereocenters. The van der Waals surface area contributed by atoms with Crippen molar-refractivity contribution in [2.45, 2.75) is 6.92 Å². The van der Waals surface area contributed by atoms with Crippen LogP contribution in [0.1, 0.15) is 5.56 Å². The van der Waals surface area contributed by atoms with Crippen molar-refractivity contribution in [3.63, 3.8) is 0 Å². The Bertz CT molecular complexity index is 558. The zero-order valence-electron chi connectivity index (χ0n) is 11.0. The average Bonchev–Trinajstić information content (AvgIpc) is 2.43. The molecule has 0 saturated carbocycles. The molecule has 0 aliphatic heterocycles. The number of nitrogens with two attached hydrogens (primary N) is 1. The lowest BCUT2D eigenvalue weighted by Crippen LogP contribution is -2.12. The predicted octanol–water partition coefficient (Wildman–Crippen LogP) is 1.55. The number of ether oxygens (including phenoxy) is 1. The van der Waals surface area contributed by atoms with Crippen LogP contribution in [0.4, 0.5) is 11.5 Å². The van der Waals surface area contributed by atoms with Crippen LogP contribution in [0.5, 0.6) is 0 Å². The Morgan fingerprint density at radius 3 is 2.95 bits per heavy atom. The van der Waals surface area contributed by atoms with Gasteiger partial charge in [-0.1, -0.05) is 6.07 Å². The van der Waals surface area contributed by atoms with Crippen LogP contribution < -0.4 is 11.1 Å². The molecule has 0 atom stereocenters. The number of hydrogen-bond acceptors (Lipinski definition) is 5. The van der Waals surface area contributed by atoms with Crippen molar-refractivity contribution in [1.29, 1.82) is 0 Å². The van der Waals surface area contributed by atoms with E-state index in [2.05, 4.69) is 10.3 Å². The van der Waals surface area contributed by atoms with Gasteiger partial charge in [0.1, 0.15) is 5.82 Å². The van der Waals surface area contributed by atoms with Gasteiger partial charge in [-0.2, -0.15) is 0 Å². The minimum Gasteiger partial charge on any atom is -0.398 e. The number of nitrogen functional groups attached to an aromatic ring is 1. The number of aromatic nitrogens is 1. The van der Waals surface area contributed by atoms with Gasteiger partial charge in [-0.3, -0.25) is 0 Å². The summed E-state index contributed by atoms with van der Waals surface area (Å²) in [6, 6.07) is 5.82. The summed E-state index contributed by atoms with van der Waals surface area (Å²) in [5.41, 5.74) is 7.87. The van der Waals surface area contributed by atoms with Crippen LogP contribution in [0, 0.1) is 6.92 Å². The fourth-order valence-electron chi connectivity index (χ4n) is 2.03. The highest BCUT2D eigenvalue weighted by molar-refractivity contribution is 6.01. The van der Waals surface area contributed by atoms with Crippen molar-refractivity contribution in [2.24, 2.45) is 0 Å². The van der Waals surface area contributed by atoms with Gasteiger partial charge in [0.05, 0.1) is 19.8 Å². The Hall–Kier alpha value is -1.85. The normalized spacial score (nSPS) is 10.8. The number of pyridine rings is 1. The lowest BCUT2D eigenvalue weighted by molar-refractivity contribution is 0.0992. The molecule has 1 aromatic heterocycles. The second-order valence-corrected chi connectivity index (χ2v) is 4.32. The van der Waals surface area contributed by atoms with E-state index in [1.807, 2.05) is 25.1 Å². The third kappa shape index (κ3) is 3.13. The molecule has 1 heterocycles. The maximum atomic E-state index is 8.62. The van der Waals surface area contributed by atoms with Gasteiger partial charge in [-0.05, 0) is 24.6 Å². The largest absolute Gasteiger partial charge is 0.398 e. The quantitative estimate of drug-likeness (QED) is 0.543. The number of aliphatic hydroxyl groups excluding tert-OH is 1. The minimum absolute atomic E-state index is 0.0438. The lowest BCUT2D eigenvalue weighted by atomic mass is 10.1. The molecule has 0 aliphatic carbocycles. The summed E-state index contributed by atoms with van der Waals surface area (Å²) in [7, 11) is 0. The van der Waals surface area contributed by atoms with E-state index in [1.165, 1.54) is 0 Å². The smallest absolute Gasteiger partial charge is 0.134 e. The maximum absolute atomic E-state index is 8.62. The van der Waals surface area contributed by atoms with E-state index in [0.29, 0.717) is 19.8 Å². The Kier molecular flexibility index (Phi) is 4.54. The van der Waals surface area contributed by atoms with Crippen LogP contribution in [0.3, 0.4) is 0 Å². The summed E-state index contributed by atoms with van der Waals surface area (Å²) in [4.78, 5) is 4.36. The molecule has 2 aromatic rings. The molecule has 102 valence electrons. The first-order chi connectivity index (χ1) is 9.24. The summed E-state index contributed by atoms with van der Waals surface area (Å²) in [5.74, 6) is 0.815. The number of anilines is 2. The van der Waals surface area contributed by atoms with E-state index in [1.54, 1.807) is 6.20 Å². The zero-order valence-corrected chi connectivity index (χ0v) is 11.0. The van der Waals surface area contributed by atoms with Crippen LogP contribution in [0.25, 0.3) is 10.8 Å². The number of fused-ring (bicyclic) bond motifs is 1. The van der Waals surface area contributed by atoms with Crippen LogP contribution >= 0.6 is 0 Å². The first-order valence-corrected chi connectivity index (χ1v) is 6.30. The molecule has 0 aliphatic rings. The second kappa shape index (κ2) is 6.36. The summed E-state index contributed by atoms with van der Waals surface area (Å²) in [5, 5.41) is 13.9. The van der Waals surface area contributed by atoms with Crippen molar-refractivity contribution in [3.8, 4) is 0 Å². The standard InChI is InChI=1S/C14H19N3O2/c1-10-2-3-12(15)11-4-5-16-14(13(10)11)17-6-8-19-9-7-18/h2-5,18H,6-9,15H2,1H3,(H,16,17). The van der Waals surface area contributed by atoms with Crippen molar-refractivity contribution >= 4 is 22.3 Å². The molecule has 2 rings (SSSR count). The van der Waals surface area contributed by atoms with Crippen molar-refractivity contribution < 1.29 is 9.84 Å². The number of aliphatic hydroxyl groups is 1. The molecule has 0 amide bonds. The minimum atomic E-state index is 0.0438. The highest BCUT2D eigenvalue weighted by Gasteiger charge is 2.07. The zero-order chi connectivity index (χ0) is 13.7. The number of nitrogens with one attached hydrogen (secondary N) is 1. The van der Waals surface area contributed by atoms with E-state index in [0.717, 1.165) is 27.8 Å². The van der Waals surface area contributed by atoms with Crippen LogP contribution in [0.2, 0.25) is 0 Å². The SMILES string of the molecule is Cc1ccc(N)c2ccnc(NCCOCCO)c12. The van der Waals surface area contributed by atoms with Crippen LogP contribution in [-0.2, 0) is 4.74 Å². The number of benzene rings is 1. The second-order valence-electron chi connectivity index (χ2n) is 4.32. The summed E-state index contributed by atoms with van der Waals surface area (Å²) in [6.45, 7) is 3.61. The Morgan fingerprint density at radius 1 is 1.32 bits per heavy atom. The van der Waals surface area contributed by atoms with Gasteiger partial charge < -0.3 is 20.9 Å². The fraction of sp³-hybridized carbons (Fsp3) is 0.357. The monoisotopic (exact) mass is 261 g/mol. The first-order valence-electron chi connectivity index (χ1n) is 6.30. The highest BCUT2D eigenvalue weighted by Crippen LogP contribution is 2.28. The summed E-state index contributed by atoms with van der Waals surface area (Å²) in [6.07, 6.45) is 1.75. The predicted molar refractivity (Wildman–Crippen MR) is 77.3 cm³/mol. The van der Waals surface area contributed by atoms with E-state index in [-0.39, 0.29) is 6.61 Å². The molecule has 4 N–H and O–H groups in total. The van der Waals surface area contributed by atoms with Gasteiger partial charge in [0, 0.05) is 29.2 Å². The lowest BCUT2D eigenvalue weighted by Gasteiger charge is -2.12. The number of hydrogen-bond donors (Lipinski definition) is 3. The Balaban J connectivity index is 2.17. The molecule has 1 aromatic carbocycles. The fourth-order valence-corrected chi connectivity index (χ4v) is 2.03. The molecular weight excluding hydrogens is 242 g/mol. The van der Waals surface area contributed by atoms with Crippen LogP contribution in [0.15, 0.2) is 24.4 Å². The van der Waals surface area contributed by atoms with Gasteiger partial charge in [0.2, 0.25) is 0 Å². The molecule has 0 bridgehead atoms. The third-order valence-electron chi connectivity index (χ3n) is 2.94. The number of rotatable bonds is 6.